The maximum atomic E-state index is 12.3. The van der Waals surface area contributed by atoms with Crippen molar-refractivity contribution < 1.29 is 19.4 Å². The molecule has 1 saturated heterocycles. The topological polar surface area (TPSA) is 89.2 Å². The lowest BCUT2D eigenvalue weighted by molar-refractivity contribution is -0.150. The van der Waals surface area contributed by atoms with E-state index in [2.05, 4.69) is 39.3 Å². The van der Waals surface area contributed by atoms with Gasteiger partial charge in [0.25, 0.3) is 0 Å². The molecule has 1 aromatic carbocycles. The number of carbonyl (C=O) groups excluding carboxylic acids is 1. The van der Waals surface area contributed by atoms with Crippen molar-refractivity contribution in [1.29, 1.82) is 0 Å². The van der Waals surface area contributed by atoms with E-state index in [0.29, 0.717) is 42.4 Å². The number of methoxy groups -OCH3 is 1. The number of benzene rings is 1. The fourth-order valence-electron chi connectivity index (χ4n) is 4.35. The molecular weight excluding hydrogens is 500 g/mol. The Bertz CT molecular complexity index is 1220. The number of aromatic nitrogens is 3. The van der Waals surface area contributed by atoms with Gasteiger partial charge in [0.15, 0.2) is 11.8 Å². The summed E-state index contributed by atoms with van der Waals surface area (Å²) in [7, 11) is 1.26. The van der Waals surface area contributed by atoms with Gasteiger partial charge in [-0.05, 0) is 38.8 Å². The highest BCUT2D eigenvalue weighted by molar-refractivity contribution is 9.10. The molecule has 4 rings (SSSR count). The molecule has 0 aliphatic carbocycles. The molecular formula is C25H29BrN4O4. The summed E-state index contributed by atoms with van der Waals surface area (Å²) < 4.78 is 13.5. The summed E-state index contributed by atoms with van der Waals surface area (Å²) in [5.41, 5.74) is 3.01. The molecule has 0 saturated carbocycles. The lowest BCUT2D eigenvalue weighted by atomic mass is 9.92. The monoisotopic (exact) mass is 528 g/mol. The number of piperidine rings is 1. The largest absolute Gasteiger partial charge is 0.467 e. The summed E-state index contributed by atoms with van der Waals surface area (Å²) in [5, 5.41) is 15.7. The van der Waals surface area contributed by atoms with E-state index in [1.54, 1.807) is 17.5 Å². The molecule has 180 valence electrons. The van der Waals surface area contributed by atoms with Gasteiger partial charge in [-0.3, -0.25) is 0 Å². The molecule has 1 N–H and O–H groups in total. The maximum absolute atomic E-state index is 12.3. The molecule has 34 heavy (non-hydrogen) atoms. The van der Waals surface area contributed by atoms with Crippen molar-refractivity contribution in [2.24, 2.45) is 0 Å². The number of aliphatic hydroxyl groups excluding tert-OH is 1. The van der Waals surface area contributed by atoms with Crippen LogP contribution < -0.4 is 4.90 Å². The number of hydrogen-bond acceptors (Lipinski definition) is 7. The number of anilines is 1. The third kappa shape index (κ3) is 4.73. The molecule has 3 heterocycles. The Kier molecular flexibility index (Phi) is 7.06. The predicted octanol–water partition coefficient (Wildman–Crippen LogP) is 4.24. The Morgan fingerprint density at radius 3 is 2.74 bits per heavy atom. The summed E-state index contributed by atoms with van der Waals surface area (Å²) >= 11 is 3.51. The Morgan fingerprint density at radius 1 is 1.35 bits per heavy atom. The predicted molar refractivity (Wildman–Crippen MR) is 134 cm³/mol. The van der Waals surface area contributed by atoms with Crippen LogP contribution in [0.4, 0.5) is 5.82 Å². The number of ether oxygens (including phenoxy) is 2. The highest BCUT2D eigenvalue weighted by Crippen LogP contribution is 2.36. The van der Waals surface area contributed by atoms with Gasteiger partial charge in [-0.2, -0.15) is 9.61 Å². The van der Waals surface area contributed by atoms with Crippen LogP contribution in [0.15, 0.2) is 47.5 Å². The fourth-order valence-corrected chi connectivity index (χ4v) is 4.75. The van der Waals surface area contributed by atoms with E-state index in [0.717, 1.165) is 28.6 Å². The maximum Gasteiger partial charge on any atom is 0.339 e. The van der Waals surface area contributed by atoms with Crippen molar-refractivity contribution in [2.75, 3.05) is 31.7 Å². The molecule has 2 aromatic heterocycles. The zero-order chi connectivity index (χ0) is 24.5. The average Bonchev–Trinajstić information content (AvgIpc) is 3.25. The summed E-state index contributed by atoms with van der Waals surface area (Å²) in [4.78, 5) is 19.1. The molecule has 0 radical (unpaired) electrons. The van der Waals surface area contributed by atoms with Crippen LogP contribution >= 0.6 is 15.9 Å². The van der Waals surface area contributed by atoms with Gasteiger partial charge in [-0.1, -0.05) is 34.1 Å². The summed E-state index contributed by atoms with van der Waals surface area (Å²) in [6.07, 6.45) is 1.83. The van der Waals surface area contributed by atoms with Crippen LogP contribution in [-0.2, 0) is 14.3 Å². The van der Waals surface area contributed by atoms with Gasteiger partial charge in [0, 0.05) is 34.9 Å². The minimum atomic E-state index is -1.47. The number of aryl methyl sites for hydroxylation is 1. The average molecular weight is 529 g/mol. The third-order valence-electron chi connectivity index (χ3n) is 6.29. The zero-order valence-electron chi connectivity index (χ0n) is 19.6. The van der Waals surface area contributed by atoms with E-state index in [1.165, 1.54) is 7.11 Å². The van der Waals surface area contributed by atoms with Gasteiger partial charge in [0.1, 0.15) is 5.82 Å². The molecule has 1 atom stereocenters. The van der Waals surface area contributed by atoms with Crippen LogP contribution in [0.3, 0.4) is 0 Å². The van der Waals surface area contributed by atoms with Crippen molar-refractivity contribution >= 4 is 33.4 Å². The number of hydrogen-bond donors (Lipinski definition) is 1. The molecule has 1 aliphatic rings. The normalized spacial score (nSPS) is 16.4. The first-order chi connectivity index (χ1) is 16.3. The second-order valence-electron chi connectivity index (χ2n) is 8.71. The van der Waals surface area contributed by atoms with E-state index in [-0.39, 0.29) is 5.60 Å². The fraction of sp³-hybridized carbons (Fsp3) is 0.400. The van der Waals surface area contributed by atoms with Gasteiger partial charge in [-0.25, -0.2) is 9.78 Å². The van der Waals surface area contributed by atoms with Crippen LogP contribution in [0.5, 0.6) is 0 Å². The lowest BCUT2D eigenvalue weighted by Gasteiger charge is -2.40. The molecule has 1 unspecified atom stereocenters. The smallest absolute Gasteiger partial charge is 0.339 e. The summed E-state index contributed by atoms with van der Waals surface area (Å²) in [5.74, 6) is -0.0894. The van der Waals surface area contributed by atoms with Crippen molar-refractivity contribution in [1.82, 2.24) is 14.6 Å². The van der Waals surface area contributed by atoms with E-state index < -0.39 is 12.1 Å². The number of aliphatic hydroxyl groups is 1. The first-order valence-electron chi connectivity index (χ1n) is 11.2. The van der Waals surface area contributed by atoms with E-state index in [4.69, 9.17) is 14.6 Å². The molecule has 8 nitrogen and oxygen atoms in total. The second-order valence-corrected chi connectivity index (χ2v) is 9.62. The Labute approximate surface area is 207 Å². The van der Waals surface area contributed by atoms with E-state index >= 15 is 0 Å². The number of carbonyl (C=O) groups is 1. The SMILES string of the molecule is C=CCOC1(C)CCN(c2c(C(O)C(=O)OC)c(C)nc3cc(-c4cccc(Br)c4)nn23)CC1. The minimum absolute atomic E-state index is 0.265. The van der Waals surface area contributed by atoms with Crippen LogP contribution in [-0.4, -0.2) is 58.1 Å². The Hall–Kier alpha value is -2.75. The van der Waals surface area contributed by atoms with E-state index in [1.807, 2.05) is 30.3 Å². The highest BCUT2D eigenvalue weighted by atomic mass is 79.9. The Morgan fingerprint density at radius 2 is 2.09 bits per heavy atom. The number of halogens is 1. The molecule has 0 bridgehead atoms. The number of fused-ring (bicyclic) bond motifs is 1. The first-order valence-corrected chi connectivity index (χ1v) is 12.0. The molecule has 0 spiro atoms. The number of esters is 1. The second kappa shape index (κ2) is 9.85. The van der Waals surface area contributed by atoms with Gasteiger partial charge in [0.2, 0.25) is 0 Å². The van der Waals surface area contributed by atoms with Gasteiger partial charge >= 0.3 is 5.97 Å². The van der Waals surface area contributed by atoms with Gasteiger partial charge in [-0.15, -0.1) is 6.58 Å². The first kappa shape index (κ1) is 24.4. The van der Waals surface area contributed by atoms with Crippen LogP contribution in [0.1, 0.15) is 37.1 Å². The van der Waals surface area contributed by atoms with Gasteiger partial charge in [0.05, 0.1) is 30.6 Å². The quantitative estimate of drug-likeness (QED) is 0.362. The molecule has 9 heteroatoms. The van der Waals surface area contributed by atoms with Crippen molar-refractivity contribution in [3.63, 3.8) is 0 Å². The van der Waals surface area contributed by atoms with Crippen LogP contribution in [0, 0.1) is 6.92 Å². The number of rotatable bonds is 7. The van der Waals surface area contributed by atoms with E-state index in [9.17, 15) is 9.90 Å². The molecule has 1 aliphatic heterocycles. The van der Waals surface area contributed by atoms with Crippen LogP contribution in [0.25, 0.3) is 16.9 Å². The molecule has 0 amide bonds. The Balaban J connectivity index is 1.82. The molecule has 3 aromatic rings. The summed E-state index contributed by atoms with van der Waals surface area (Å²) in [6.45, 7) is 9.46. The summed E-state index contributed by atoms with van der Waals surface area (Å²) in [6, 6.07) is 9.78. The van der Waals surface area contributed by atoms with Crippen LogP contribution in [0.2, 0.25) is 0 Å². The zero-order valence-corrected chi connectivity index (χ0v) is 21.2. The third-order valence-corrected chi connectivity index (χ3v) is 6.79. The minimum Gasteiger partial charge on any atom is -0.467 e. The standard InChI is InChI=1S/C25H29BrN4O4/c1-5-13-34-25(3)9-11-29(12-10-25)23-21(22(31)24(32)33-4)16(2)27-20-15-19(28-30(20)23)17-7-6-8-18(26)14-17/h5-8,14-15,22,31H,1,9-13H2,2-4H3. The highest BCUT2D eigenvalue weighted by Gasteiger charge is 2.35. The van der Waals surface area contributed by atoms with Crippen molar-refractivity contribution in [3.8, 4) is 11.3 Å². The van der Waals surface area contributed by atoms with Crippen molar-refractivity contribution in [2.45, 2.75) is 38.4 Å². The number of nitrogens with zero attached hydrogens (tertiary/aromatic N) is 4. The van der Waals surface area contributed by atoms with Gasteiger partial charge < -0.3 is 19.5 Å². The van der Waals surface area contributed by atoms with Crippen molar-refractivity contribution in [3.05, 3.63) is 58.7 Å². The molecule has 1 fully saturated rings. The lowest BCUT2D eigenvalue weighted by Crippen LogP contribution is -2.45.